The van der Waals surface area contributed by atoms with E-state index in [0.29, 0.717) is 16.5 Å². The van der Waals surface area contributed by atoms with Gasteiger partial charge in [0.05, 0.1) is 5.69 Å². The summed E-state index contributed by atoms with van der Waals surface area (Å²) in [6.07, 6.45) is 17.6. The predicted octanol–water partition coefficient (Wildman–Crippen LogP) is 6.41. The number of amides is 1. The average molecular weight is 420 g/mol. The number of aromatic hydroxyl groups is 1. The molecular weight excluding hydrogens is 382 g/mol. The summed E-state index contributed by atoms with van der Waals surface area (Å²) in [7, 11) is 0. The maximum absolute atomic E-state index is 11.7. The molecule has 8 aliphatic rings. The number of benzene rings is 1. The molecule has 0 radical (unpaired) electrons. The van der Waals surface area contributed by atoms with Gasteiger partial charge in [-0.05, 0) is 141 Å². The van der Waals surface area contributed by atoms with Crippen molar-refractivity contribution in [3.05, 3.63) is 23.8 Å². The van der Waals surface area contributed by atoms with E-state index in [1.54, 1.807) is 0 Å². The van der Waals surface area contributed by atoms with Crippen molar-refractivity contribution in [2.75, 3.05) is 5.32 Å². The topological polar surface area (TPSA) is 49.3 Å². The molecule has 8 fully saturated rings. The van der Waals surface area contributed by atoms with E-state index in [2.05, 4.69) is 17.4 Å². The maximum Gasteiger partial charge on any atom is 0.221 e. The van der Waals surface area contributed by atoms with Gasteiger partial charge in [-0.1, -0.05) is 6.07 Å². The van der Waals surface area contributed by atoms with E-state index in [4.69, 9.17) is 0 Å². The largest absolute Gasteiger partial charge is 0.506 e. The fraction of sp³-hybridized carbons (Fsp3) is 0.750. The van der Waals surface area contributed by atoms with Gasteiger partial charge in [-0.15, -0.1) is 0 Å². The van der Waals surface area contributed by atoms with Crippen molar-refractivity contribution in [1.29, 1.82) is 0 Å². The number of hydrogen-bond acceptors (Lipinski definition) is 2. The van der Waals surface area contributed by atoms with Gasteiger partial charge in [0.15, 0.2) is 0 Å². The molecule has 0 aromatic heterocycles. The van der Waals surface area contributed by atoms with Gasteiger partial charge in [-0.25, -0.2) is 0 Å². The Morgan fingerprint density at radius 1 is 0.839 bits per heavy atom. The third kappa shape index (κ3) is 2.61. The lowest BCUT2D eigenvalue weighted by Gasteiger charge is -2.72. The molecule has 2 N–H and O–H groups in total. The van der Waals surface area contributed by atoms with Crippen LogP contribution in [0.25, 0.3) is 0 Å². The van der Waals surface area contributed by atoms with E-state index in [9.17, 15) is 9.90 Å². The second-order valence-corrected chi connectivity index (χ2v) is 13.1. The SMILES string of the molecule is CC(=O)Nc1cc(C23CC4CC(C2)CC(C25CC6CC(CC(C6)C2)C5)(C4)C3)ccc1O. The number of carbonyl (C=O) groups is 1. The monoisotopic (exact) mass is 419 g/mol. The molecule has 0 aliphatic heterocycles. The van der Waals surface area contributed by atoms with Crippen LogP contribution in [0.15, 0.2) is 18.2 Å². The number of phenols is 1. The molecule has 9 rings (SSSR count). The van der Waals surface area contributed by atoms with Crippen LogP contribution < -0.4 is 5.32 Å². The summed E-state index contributed by atoms with van der Waals surface area (Å²) in [4.78, 5) is 11.7. The van der Waals surface area contributed by atoms with E-state index in [1.807, 2.05) is 6.07 Å². The minimum absolute atomic E-state index is 0.108. The van der Waals surface area contributed by atoms with Crippen molar-refractivity contribution in [2.45, 2.75) is 89.4 Å². The maximum atomic E-state index is 11.7. The Balaban J connectivity index is 1.30. The molecule has 31 heavy (non-hydrogen) atoms. The number of carbonyl (C=O) groups excluding carboxylic acids is 1. The van der Waals surface area contributed by atoms with Crippen LogP contribution in [-0.4, -0.2) is 11.0 Å². The van der Waals surface area contributed by atoms with Crippen LogP contribution in [0.1, 0.15) is 89.5 Å². The van der Waals surface area contributed by atoms with E-state index in [0.717, 1.165) is 29.6 Å². The molecule has 1 aromatic rings. The summed E-state index contributed by atoms with van der Waals surface area (Å²) < 4.78 is 0. The summed E-state index contributed by atoms with van der Waals surface area (Å²) >= 11 is 0. The zero-order valence-corrected chi connectivity index (χ0v) is 19.0. The van der Waals surface area contributed by atoms with Gasteiger partial charge in [-0.3, -0.25) is 4.79 Å². The normalized spacial score (nSPS) is 48.9. The van der Waals surface area contributed by atoms with Crippen LogP contribution in [0.3, 0.4) is 0 Å². The first-order valence-corrected chi connectivity index (χ1v) is 13.0. The van der Waals surface area contributed by atoms with Gasteiger partial charge in [0.1, 0.15) is 5.75 Å². The Hall–Kier alpha value is -1.51. The molecule has 166 valence electrons. The van der Waals surface area contributed by atoms with Gasteiger partial charge in [0.25, 0.3) is 0 Å². The third-order valence-corrected chi connectivity index (χ3v) is 11.1. The lowest BCUT2D eigenvalue weighted by Crippen LogP contribution is -2.63. The fourth-order valence-electron chi connectivity index (χ4n) is 11.1. The number of anilines is 1. The quantitative estimate of drug-likeness (QED) is 0.557. The van der Waals surface area contributed by atoms with E-state index >= 15 is 0 Å². The lowest BCUT2D eigenvalue weighted by molar-refractivity contribution is -0.205. The Bertz CT molecular complexity index is 899. The smallest absolute Gasteiger partial charge is 0.221 e. The molecule has 8 aliphatic carbocycles. The highest BCUT2D eigenvalue weighted by atomic mass is 16.3. The summed E-state index contributed by atoms with van der Waals surface area (Å²) in [5.41, 5.74) is 3.43. The van der Waals surface area contributed by atoms with Crippen molar-refractivity contribution in [3.63, 3.8) is 0 Å². The molecule has 0 spiro atoms. The number of hydrogen-bond donors (Lipinski definition) is 2. The number of nitrogens with one attached hydrogen (secondary N) is 1. The van der Waals surface area contributed by atoms with Crippen molar-refractivity contribution in [2.24, 2.45) is 40.4 Å². The molecule has 2 unspecified atom stereocenters. The first-order chi connectivity index (χ1) is 14.9. The molecule has 0 heterocycles. The van der Waals surface area contributed by atoms with Crippen molar-refractivity contribution >= 4 is 11.6 Å². The lowest BCUT2D eigenvalue weighted by atomic mass is 9.32. The van der Waals surface area contributed by atoms with Crippen LogP contribution in [0.5, 0.6) is 5.75 Å². The molecule has 8 bridgehead atoms. The average Bonchev–Trinajstić information content (AvgIpc) is 2.67. The van der Waals surface area contributed by atoms with Gasteiger partial charge in [-0.2, -0.15) is 0 Å². The molecule has 2 atom stereocenters. The zero-order chi connectivity index (χ0) is 21.0. The van der Waals surface area contributed by atoms with E-state index < -0.39 is 0 Å². The molecule has 8 saturated carbocycles. The second-order valence-electron chi connectivity index (χ2n) is 13.1. The second kappa shape index (κ2) is 6.08. The van der Waals surface area contributed by atoms with Gasteiger partial charge in [0.2, 0.25) is 5.91 Å². The Morgan fingerprint density at radius 2 is 1.39 bits per heavy atom. The van der Waals surface area contributed by atoms with Crippen LogP contribution in [0, 0.1) is 40.4 Å². The van der Waals surface area contributed by atoms with Crippen LogP contribution in [0.2, 0.25) is 0 Å². The Morgan fingerprint density at radius 3 is 1.97 bits per heavy atom. The highest BCUT2D eigenvalue weighted by Crippen LogP contribution is 2.77. The van der Waals surface area contributed by atoms with Crippen molar-refractivity contribution < 1.29 is 9.90 Å². The third-order valence-electron chi connectivity index (χ3n) is 11.1. The standard InChI is InChI=1S/C28H37NO2/c1-17(30)29-24-8-23(2-3-25(24)31)26-9-21-7-22(10-26)15-28(14-21,16-26)27-11-18-4-19(12-27)6-20(5-18)13-27/h2-3,8,18-22,31H,4-7,9-16H2,1H3,(H,29,30). The van der Waals surface area contributed by atoms with Crippen LogP contribution in [-0.2, 0) is 10.2 Å². The minimum atomic E-state index is -0.108. The van der Waals surface area contributed by atoms with E-state index in [1.165, 1.54) is 89.5 Å². The summed E-state index contributed by atoms with van der Waals surface area (Å²) in [6.45, 7) is 1.53. The Kier molecular flexibility index (Phi) is 3.73. The molecule has 3 heteroatoms. The van der Waals surface area contributed by atoms with Gasteiger partial charge < -0.3 is 10.4 Å². The molecule has 0 saturated heterocycles. The molecule has 3 nitrogen and oxygen atoms in total. The van der Waals surface area contributed by atoms with Gasteiger partial charge >= 0.3 is 0 Å². The molecule has 1 amide bonds. The molecular formula is C28H37NO2. The molecule has 1 aromatic carbocycles. The zero-order valence-electron chi connectivity index (χ0n) is 19.0. The summed E-state index contributed by atoms with van der Waals surface area (Å²) in [5.74, 6) is 4.92. The van der Waals surface area contributed by atoms with Crippen molar-refractivity contribution in [1.82, 2.24) is 0 Å². The number of phenolic OH excluding ortho intramolecular Hbond substituents is 1. The van der Waals surface area contributed by atoms with Crippen molar-refractivity contribution in [3.8, 4) is 5.75 Å². The van der Waals surface area contributed by atoms with Gasteiger partial charge in [0, 0.05) is 6.92 Å². The predicted molar refractivity (Wildman–Crippen MR) is 122 cm³/mol. The summed E-state index contributed by atoms with van der Waals surface area (Å²) in [5, 5.41) is 13.2. The van der Waals surface area contributed by atoms with E-state index in [-0.39, 0.29) is 17.1 Å². The summed E-state index contributed by atoms with van der Waals surface area (Å²) in [6, 6.07) is 6.13. The van der Waals surface area contributed by atoms with Crippen LogP contribution >= 0.6 is 0 Å². The van der Waals surface area contributed by atoms with Crippen LogP contribution in [0.4, 0.5) is 5.69 Å². The first kappa shape index (κ1) is 19.0. The Labute approximate surface area is 186 Å². The minimum Gasteiger partial charge on any atom is -0.506 e. The number of rotatable bonds is 3. The highest BCUT2D eigenvalue weighted by molar-refractivity contribution is 5.90. The fourth-order valence-corrected chi connectivity index (χ4v) is 11.1. The first-order valence-electron chi connectivity index (χ1n) is 13.0. The highest BCUT2D eigenvalue weighted by Gasteiger charge is 2.67.